The Hall–Kier alpha value is -0.313. The second-order valence-electron chi connectivity index (χ2n) is 5.61. The Balaban J connectivity index is 2.90. The lowest BCUT2D eigenvalue weighted by Gasteiger charge is -2.43. The van der Waals surface area contributed by atoms with Crippen molar-refractivity contribution in [2.24, 2.45) is 0 Å². The molecule has 15 heavy (non-hydrogen) atoms. The van der Waals surface area contributed by atoms with Gasteiger partial charge in [0.2, 0.25) is 0 Å². The Bertz CT molecular complexity index is 224. The van der Waals surface area contributed by atoms with Gasteiger partial charge in [0.15, 0.2) is 0 Å². The van der Waals surface area contributed by atoms with Crippen molar-refractivity contribution < 1.29 is 9.53 Å². The third-order valence-corrected chi connectivity index (χ3v) is 7.38. The van der Waals surface area contributed by atoms with Gasteiger partial charge >= 0.3 is 5.97 Å². The zero-order chi connectivity index (χ0) is 11.5. The maximum atomic E-state index is 12.2. The Morgan fingerprint density at radius 2 is 1.73 bits per heavy atom. The van der Waals surface area contributed by atoms with E-state index in [4.69, 9.17) is 4.74 Å². The molecular formula is C12H24O2Si. The lowest BCUT2D eigenvalue weighted by molar-refractivity contribution is -0.148. The van der Waals surface area contributed by atoms with Crippen molar-refractivity contribution in [1.82, 2.24) is 0 Å². The molecule has 0 aliphatic heterocycles. The molecule has 1 rings (SSSR count). The van der Waals surface area contributed by atoms with Crippen LogP contribution in [0.5, 0.6) is 0 Å². The minimum absolute atomic E-state index is 0.0869. The number of carbonyl (C=O) groups excluding carboxylic acids is 1. The highest BCUT2D eigenvalue weighted by Crippen LogP contribution is 2.51. The summed E-state index contributed by atoms with van der Waals surface area (Å²) in [5.41, 5.74) is 0. The van der Waals surface area contributed by atoms with E-state index in [2.05, 4.69) is 19.6 Å². The smallest absolute Gasteiger partial charge is 0.309 e. The van der Waals surface area contributed by atoms with Gasteiger partial charge in [-0.25, -0.2) is 0 Å². The minimum atomic E-state index is -1.48. The second kappa shape index (κ2) is 4.68. The van der Waals surface area contributed by atoms with Crippen molar-refractivity contribution >= 4 is 14.0 Å². The average Bonchev–Trinajstić information content (AvgIpc) is 2.17. The van der Waals surface area contributed by atoms with Crippen molar-refractivity contribution in [2.75, 3.05) is 6.61 Å². The molecule has 3 heteroatoms. The Morgan fingerprint density at radius 1 is 1.20 bits per heavy atom. The summed E-state index contributed by atoms with van der Waals surface area (Å²) in [6, 6.07) is 0. The van der Waals surface area contributed by atoms with Gasteiger partial charge in [-0.1, -0.05) is 38.9 Å². The van der Waals surface area contributed by atoms with Gasteiger partial charge < -0.3 is 4.74 Å². The number of rotatable bonds is 3. The standard InChI is InChI=1S/C12H24O2Si/c1-5-14-11(13)12(15(2,3)4)9-7-6-8-10-12/h5-10H2,1-4H3. The number of esters is 1. The van der Waals surface area contributed by atoms with Crippen LogP contribution in [-0.4, -0.2) is 20.7 Å². The molecule has 88 valence electrons. The fourth-order valence-corrected chi connectivity index (χ4v) is 5.22. The van der Waals surface area contributed by atoms with E-state index < -0.39 is 8.07 Å². The van der Waals surface area contributed by atoms with Crippen LogP contribution in [0.25, 0.3) is 0 Å². The molecule has 0 atom stereocenters. The molecule has 1 aliphatic rings. The Labute approximate surface area is 94.4 Å². The summed E-state index contributed by atoms with van der Waals surface area (Å²) >= 11 is 0. The summed E-state index contributed by atoms with van der Waals surface area (Å²) in [5.74, 6) is 0.0869. The summed E-state index contributed by atoms with van der Waals surface area (Å²) in [6.07, 6.45) is 5.79. The second-order valence-corrected chi connectivity index (χ2v) is 11.1. The Kier molecular flexibility index (Phi) is 3.98. The number of hydrogen-bond acceptors (Lipinski definition) is 2. The highest BCUT2D eigenvalue weighted by atomic mass is 28.3. The first-order chi connectivity index (χ1) is 6.94. The van der Waals surface area contributed by atoms with E-state index in [1.807, 2.05) is 6.92 Å². The van der Waals surface area contributed by atoms with Crippen LogP contribution in [0.1, 0.15) is 39.0 Å². The summed E-state index contributed by atoms with van der Waals surface area (Å²) in [6.45, 7) is 9.32. The highest BCUT2D eigenvalue weighted by Gasteiger charge is 2.50. The molecule has 0 aromatic heterocycles. The molecule has 1 saturated carbocycles. The lowest BCUT2D eigenvalue weighted by Crippen LogP contribution is -2.47. The van der Waals surface area contributed by atoms with E-state index in [0.29, 0.717) is 6.61 Å². The van der Waals surface area contributed by atoms with Gasteiger partial charge in [0.25, 0.3) is 0 Å². The maximum Gasteiger partial charge on any atom is 0.309 e. The van der Waals surface area contributed by atoms with E-state index in [0.717, 1.165) is 12.8 Å². The number of carbonyl (C=O) groups is 1. The molecule has 0 unspecified atom stereocenters. The quantitative estimate of drug-likeness (QED) is 0.545. The van der Waals surface area contributed by atoms with Gasteiger partial charge in [-0.15, -0.1) is 0 Å². The molecule has 0 saturated heterocycles. The van der Waals surface area contributed by atoms with Crippen molar-refractivity contribution in [3.05, 3.63) is 0 Å². The number of hydrogen-bond donors (Lipinski definition) is 0. The third-order valence-electron chi connectivity index (χ3n) is 3.81. The molecule has 0 aromatic rings. The first-order valence-electron chi connectivity index (χ1n) is 6.11. The zero-order valence-corrected chi connectivity index (χ0v) is 11.6. The summed E-state index contributed by atoms with van der Waals surface area (Å²) in [5, 5.41) is -0.0960. The van der Waals surface area contributed by atoms with Crippen LogP contribution in [-0.2, 0) is 9.53 Å². The van der Waals surface area contributed by atoms with Gasteiger partial charge in [0.1, 0.15) is 0 Å². The zero-order valence-electron chi connectivity index (χ0n) is 10.6. The van der Waals surface area contributed by atoms with Crippen molar-refractivity contribution in [3.8, 4) is 0 Å². The van der Waals surface area contributed by atoms with Crippen LogP contribution in [0, 0.1) is 0 Å². The average molecular weight is 228 g/mol. The monoisotopic (exact) mass is 228 g/mol. The molecule has 0 bridgehead atoms. The van der Waals surface area contributed by atoms with Crippen molar-refractivity contribution in [1.29, 1.82) is 0 Å². The summed E-state index contributed by atoms with van der Waals surface area (Å²) in [4.78, 5) is 12.2. The molecule has 0 aromatic carbocycles. The van der Waals surface area contributed by atoms with E-state index >= 15 is 0 Å². The van der Waals surface area contributed by atoms with Gasteiger partial charge in [-0.2, -0.15) is 0 Å². The van der Waals surface area contributed by atoms with Crippen molar-refractivity contribution in [2.45, 2.75) is 63.7 Å². The van der Waals surface area contributed by atoms with Gasteiger partial charge in [0.05, 0.1) is 19.7 Å². The molecule has 0 spiro atoms. The fraction of sp³-hybridized carbons (Fsp3) is 0.917. The molecular weight excluding hydrogens is 204 g/mol. The van der Waals surface area contributed by atoms with Crippen LogP contribution in [0.4, 0.5) is 0 Å². The highest BCUT2D eigenvalue weighted by molar-refractivity contribution is 6.82. The van der Waals surface area contributed by atoms with Crippen LogP contribution in [0.2, 0.25) is 24.7 Å². The largest absolute Gasteiger partial charge is 0.466 e. The van der Waals surface area contributed by atoms with Crippen molar-refractivity contribution in [3.63, 3.8) is 0 Å². The van der Waals surface area contributed by atoms with E-state index in [1.165, 1.54) is 19.3 Å². The molecule has 1 fully saturated rings. The molecule has 0 radical (unpaired) electrons. The van der Waals surface area contributed by atoms with Crippen LogP contribution in [0.3, 0.4) is 0 Å². The predicted octanol–water partition coefficient (Wildman–Crippen LogP) is 3.59. The first-order valence-corrected chi connectivity index (χ1v) is 9.61. The third kappa shape index (κ3) is 2.44. The van der Waals surface area contributed by atoms with Gasteiger partial charge in [0, 0.05) is 0 Å². The molecule has 0 amide bonds. The van der Waals surface area contributed by atoms with Crippen LogP contribution >= 0.6 is 0 Å². The lowest BCUT2D eigenvalue weighted by atomic mass is 9.88. The fourth-order valence-electron chi connectivity index (χ4n) is 2.68. The molecule has 0 N–H and O–H groups in total. The number of ether oxygens (including phenoxy) is 1. The molecule has 0 heterocycles. The van der Waals surface area contributed by atoms with Gasteiger partial charge in [-0.05, 0) is 19.8 Å². The van der Waals surface area contributed by atoms with Crippen LogP contribution in [0.15, 0.2) is 0 Å². The SMILES string of the molecule is CCOC(=O)C1([Si](C)(C)C)CCCCC1. The predicted molar refractivity (Wildman–Crippen MR) is 65.8 cm³/mol. The van der Waals surface area contributed by atoms with E-state index in [9.17, 15) is 4.79 Å². The topological polar surface area (TPSA) is 26.3 Å². The normalized spacial score (nSPS) is 21.1. The van der Waals surface area contributed by atoms with Gasteiger partial charge in [-0.3, -0.25) is 4.79 Å². The Morgan fingerprint density at radius 3 is 2.13 bits per heavy atom. The maximum absolute atomic E-state index is 12.2. The molecule has 2 nitrogen and oxygen atoms in total. The van der Waals surface area contributed by atoms with E-state index in [-0.39, 0.29) is 11.0 Å². The summed E-state index contributed by atoms with van der Waals surface area (Å²) in [7, 11) is -1.48. The minimum Gasteiger partial charge on any atom is -0.466 e. The van der Waals surface area contributed by atoms with E-state index in [1.54, 1.807) is 0 Å². The molecule has 1 aliphatic carbocycles. The summed E-state index contributed by atoms with van der Waals surface area (Å²) < 4.78 is 5.31. The van der Waals surface area contributed by atoms with Crippen LogP contribution < -0.4 is 0 Å². The first kappa shape index (κ1) is 12.8.